The van der Waals surface area contributed by atoms with E-state index in [-0.39, 0.29) is 12.3 Å². The van der Waals surface area contributed by atoms with Crippen LogP contribution in [0, 0.1) is 0 Å². The molecule has 5 nitrogen and oxygen atoms in total. The summed E-state index contributed by atoms with van der Waals surface area (Å²) in [5.41, 5.74) is 4.44. The third kappa shape index (κ3) is 5.93. The number of ether oxygens (including phenoxy) is 3. The molecule has 2 aliphatic rings. The Morgan fingerprint density at radius 2 is 1.51 bits per heavy atom. The molecular weight excluding hydrogens is 460 g/mol. The molecular formula is C32H38N2O3. The lowest BCUT2D eigenvalue weighted by atomic mass is 9.96. The van der Waals surface area contributed by atoms with E-state index in [1.165, 1.54) is 37.7 Å². The van der Waals surface area contributed by atoms with Crippen LogP contribution in [0.4, 0.5) is 0 Å². The molecule has 0 aliphatic carbocycles. The van der Waals surface area contributed by atoms with Gasteiger partial charge in [0.1, 0.15) is 17.2 Å². The van der Waals surface area contributed by atoms with Crippen LogP contribution in [-0.2, 0) is 0 Å². The van der Waals surface area contributed by atoms with Crippen molar-refractivity contribution in [1.29, 1.82) is 0 Å². The molecule has 0 fully saturated rings. The summed E-state index contributed by atoms with van der Waals surface area (Å²) in [6.07, 6.45) is 8.14. The summed E-state index contributed by atoms with van der Waals surface area (Å²) >= 11 is 0. The van der Waals surface area contributed by atoms with E-state index >= 15 is 0 Å². The van der Waals surface area contributed by atoms with Gasteiger partial charge in [-0.25, -0.2) is 5.01 Å². The molecule has 2 aliphatic heterocycles. The summed E-state index contributed by atoms with van der Waals surface area (Å²) in [7, 11) is 0. The number of benzene rings is 3. The number of unbranched alkanes of at least 4 members (excludes halogenated alkanes) is 5. The van der Waals surface area contributed by atoms with Crippen molar-refractivity contribution < 1.29 is 14.2 Å². The quantitative estimate of drug-likeness (QED) is 0.237. The molecule has 0 amide bonds. The van der Waals surface area contributed by atoms with E-state index in [9.17, 15) is 0 Å². The fraction of sp³-hybridized carbons (Fsp3) is 0.406. The molecule has 0 saturated carbocycles. The predicted molar refractivity (Wildman–Crippen MR) is 148 cm³/mol. The molecule has 0 unspecified atom stereocenters. The topological polar surface area (TPSA) is 43.3 Å². The average molecular weight is 499 g/mol. The molecule has 0 radical (unpaired) electrons. The van der Waals surface area contributed by atoms with E-state index in [1.54, 1.807) is 0 Å². The molecule has 0 N–H and O–H groups in total. The minimum Gasteiger partial charge on any atom is -0.494 e. The van der Waals surface area contributed by atoms with Crippen molar-refractivity contribution in [2.24, 2.45) is 5.10 Å². The number of rotatable bonds is 12. The minimum absolute atomic E-state index is 0.139. The van der Waals surface area contributed by atoms with Gasteiger partial charge in [-0.1, -0.05) is 57.2 Å². The number of nitrogens with zero attached hydrogens (tertiary/aromatic N) is 2. The average Bonchev–Trinajstić information content (AvgIpc) is 3.39. The molecule has 5 heteroatoms. The highest BCUT2D eigenvalue weighted by atomic mass is 16.5. The summed E-state index contributed by atoms with van der Waals surface area (Å²) in [4.78, 5) is 0. The monoisotopic (exact) mass is 498 g/mol. The Labute approximate surface area is 221 Å². The van der Waals surface area contributed by atoms with E-state index in [4.69, 9.17) is 19.3 Å². The summed E-state index contributed by atoms with van der Waals surface area (Å²) < 4.78 is 18.1. The molecule has 0 aromatic heterocycles. The van der Waals surface area contributed by atoms with Gasteiger partial charge in [-0.15, -0.1) is 0 Å². The zero-order chi connectivity index (χ0) is 25.5. The SMILES string of the molecule is CCCCCCCCOc1ccc([C@H]2Oc3ccccc3[C@H]3CC(c4ccc(OCC)cc4)=NN32)cc1. The van der Waals surface area contributed by atoms with Crippen LogP contribution >= 0.6 is 0 Å². The number of hydrazone groups is 1. The van der Waals surface area contributed by atoms with E-state index in [2.05, 4.69) is 66.5 Å². The van der Waals surface area contributed by atoms with E-state index < -0.39 is 0 Å². The first-order chi connectivity index (χ1) is 18.3. The van der Waals surface area contributed by atoms with Gasteiger partial charge in [0.2, 0.25) is 6.23 Å². The van der Waals surface area contributed by atoms with Crippen molar-refractivity contribution in [2.75, 3.05) is 13.2 Å². The van der Waals surface area contributed by atoms with Crippen LogP contribution in [0.1, 0.15) is 87.8 Å². The lowest BCUT2D eigenvalue weighted by Crippen LogP contribution is -2.33. The van der Waals surface area contributed by atoms with Crippen LogP contribution in [-0.4, -0.2) is 23.9 Å². The molecule has 2 heterocycles. The Bertz CT molecular complexity index is 1170. The van der Waals surface area contributed by atoms with Crippen molar-refractivity contribution in [3.63, 3.8) is 0 Å². The Kier molecular flexibility index (Phi) is 8.29. The molecule has 3 aromatic rings. The number of fused-ring (bicyclic) bond motifs is 3. The van der Waals surface area contributed by atoms with Gasteiger partial charge in [-0.05, 0) is 73.5 Å². The zero-order valence-corrected chi connectivity index (χ0v) is 22.1. The van der Waals surface area contributed by atoms with Gasteiger partial charge >= 0.3 is 0 Å². The van der Waals surface area contributed by atoms with Crippen LogP contribution in [0.2, 0.25) is 0 Å². The molecule has 3 aromatic carbocycles. The van der Waals surface area contributed by atoms with Gasteiger partial charge in [-0.3, -0.25) is 0 Å². The highest BCUT2D eigenvalue weighted by Gasteiger charge is 2.40. The maximum absolute atomic E-state index is 6.51. The first kappa shape index (κ1) is 25.2. The Hall–Kier alpha value is -3.47. The second kappa shape index (κ2) is 12.2. The smallest absolute Gasteiger partial charge is 0.213 e. The Morgan fingerprint density at radius 1 is 0.811 bits per heavy atom. The van der Waals surface area contributed by atoms with Crippen LogP contribution in [0.3, 0.4) is 0 Å². The second-order valence-corrected chi connectivity index (χ2v) is 9.80. The zero-order valence-electron chi connectivity index (χ0n) is 22.1. The van der Waals surface area contributed by atoms with Crippen LogP contribution in [0.15, 0.2) is 77.9 Å². The normalized spacial score (nSPS) is 18.0. The van der Waals surface area contributed by atoms with Gasteiger partial charge in [0.05, 0.1) is 25.0 Å². The highest BCUT2D eigenvalue weighted by molar-refractivity contribution is 6.02. The lowest BCUT2D eigenvalue weighted by Gasteiger charge is -2.38. The summed E-state index contributed by atoms with van der Waals surface area (Å²) in [5, 5.41) is 7.20. The summed E-state index contributed by atoms with van der Waals surface area (Å²) in [6.45, 7) is 5.68. The Balaban J connectivity index is 1.29. The third-order valence-electron chi connectivity index (χ3n) is 7.13. The van der Waals surface area contributed by atoms with Crippen LogP contribution in [0.25, 0.3) is 0 Å². The van der Waals surface area contributed by atoms with Gasteiger partial charge in [0, 0.05) is 17.5 Å². The molecule has 5 rings (SSSR count). The predicted octanol–water partition coefficient (Wildman–Crippen LogP) is 8.07. The number of hydrogen-bond donors (Lipinski definition) is 0. The van der Waals surface area contributed by atoms with E-state index in [0.717, 1.165) is 53.5 Å². The van der Waals surface area contributed by atoms with Gasteiger partial charge in [-0.2, -0.15) is 5.10 Å². The van der Waals surface area contributed by atoms with Crippen molar-refractivity contribution in [2.45, 2.75) is 71.1 Å². The fourth-order valence-corrected chi connectivity index (χ4v) is 5.14. The van der Waals surface area contributed by atoms with Crippen molar-refractivity contribution in [1.82, 2.24) is 5.01 Å². The highest BCUT2D eigenvalue weighted by Crippen LogP contribution is 2.47. The first-order valence-electron chi connectivity index (χ1n) is 13.8. The third-order valence-corrected chi connectivity index (χ3v) is 7.13. The minimum atomic E-state index is -0.285. The van der Waals surface area contributed by atoms with Crippen molar-refractivity contribution in [3.05, 3.63) is 89.5 Å². The molecule has 37 heavy (non-hydrogen) atoms. The molecule has 0 saturated heterocycles. The van der Waals surface area contributed by atoms with Gasteiger partial charge in [0.15, 0.2) is 0 Å². The number of hydrogen-bond acceptors (Lipinski definition) is 5. The maximum Gasteiger partial charge on any atom is 0.213 e. The second-order valence-electron chi connectivity index (χ2n) is 9.80. The van der Waals surface area contributed by atoms with Gasteiger partial charge < -0.3 is 14.2 Å². The fourth-order valence-electron chi connectivity index (χ4n) is 5.14. The standard InChI is InChI=1S/C32H38N2O3/c1-3-5-6-7-8-11-22-36-27-20-16-25(17-21-27)32-34-30(28-12-9-10-13-31(28)37-32)23-29(33-34)24-14-18-26(19-15-24)35-4-2/h9-10,12-21,30,32H,3-8,11,22-23H2,1-2H3/t30-,32-/m1/s1. The molecule has 2 atom stereocenters. The van der Waals surface area contributed by atoms with Crippen molar-refractivity contribution >= 4 is 5.71 Å². The first-order valence-corrected chi connectivity index (χ1v) is 13.8. The van der Waals surface area contributed by atoms with Crippen molar-refractivity contribution in [3.8, 4) is 17.2 Å². The van der Waals surface area contributed by atoms with E-state index in [1.807, 2.05) is 25.1 Å². The summed E-state index contributed by atoms with van der Waals surface area (Å²) in [5.74, 6) is 2.72. The number of para-hydroxylation sites is 1. The summed E-state index contributed by atoms with van der Waals surface area (Å²) in [6, 6.07) is 25.0. The van der Waals surface area contributed by atoms with E-state index in [0.29, 0.717) is 6.61 Å². The molecule has 194 valence electrons. The molecule has 0 bridgehead atoms. The lowest BCUT2D eigenvalue weighted by molar-refractivity contribution is -0.0190. The van der Waals surface area contributed by atoms with Crippen LogP contribution in [0.5, 0.6) is 17.2 Å². The largest absolute Gasteiger partial charge is 0.494 e. The Morgan fingerprint density at radius 3 is 2.30 bits per heavy atom. The molecule has 0 spiro atoms. The van der Waals surface area contributed by atoms with Gasteiger partial charge in [0.25, 0.3) is 0 Å². The van der Waals surface area contributed by atoms with Crippen LogP contribution < -0.4 is 14.2 Å². The maximum atomic E-state index is 6.51.